The van der Waals surface area contributed by atoms with Crippen molar-refractivity contribution < 1.29 is 9.53 Å². The molecule has 1 fully saturated rings. The van der Waals surface area contributed by atoms with Crippen LogP contribution in [0.25, 0.3) is 0 Å². The number of morpholine rings is 1. The molecule has 0 aliphatic carbocycles. The summed E-state index contributed by atoms with van der Waals surface area (Å²) in [7, 11) is 1.56. The highest BCUT2D eigenvalue weighted by molar-refractivity contribution is 5.91. The zero-order valence-corrected chi connectivity index (χ0v) is 12.1. The normalized spacial score (nSPS) is 21.6. The number of nitrogens with zero attached hydrogens (tertiary/aromatic N) is 3. The van der Waals surface area contributed by atoms with Crippen molar-refractivity contribution in [3.8, 4) is 0 Å². The number of nitrogens with two attached hydrogens (primary N) is 1. The molecule has 1 aliphatic heterocycles. The first-order valence-corrected chi connectivity index (χ1v) is 6.64. The van der Waals surface area contributed by atoms with Crippen LogP contribution in [0.3, 0.4) is 0 Å². The zero-order valence-electron chi connectivity index (χ0n) is 12.1. The van der Waals surface area contributed by atoms with Gasteiger partial charge in [-0.3, -0.25) is 4.79 Å². The Balaban J connectivity index is 2.16. The van der Waals surface area contributed by atoms with Crippen LogP contribution in [0.5, 0.6) is 0 Å². The van der Waals surface area contributed by atoms with Crippen molar-refractivity contribution in [1.82, 2.24) is 15.5 Å². The standard InChI is InChI=1S/C13H21N5O2/c1-13(2)8-18(7-9(6-14)20-13)11-5-4-10(16-17-11)12(19)15-3/h4-5,9H,6-8,14H2,1-3H3,(H,15,19). The zero-order chi connectivity index (χ0) is 14.8. The van der Waals surface area contributed by atoms with Crippen LogP contribution in [-0.2, 0) is 4.74 Å². The SMILES string of the molecule is CNC(=O)c1ccc(N2CC(CN)OC(C)(C)C2)nn1. The van der Waals surface area contributed by atoms with E-state index in [-0.39, 0.29) is 17.6 Å². The minimum Gasteiger partial charge on any atom is -0.367 e. The Hall–Kier alpha value is -1.73. The van der Waals surface area contributed by atoms with Crippen molar-refractivity contribution in [1.29, 1.82) is 0 Å². The maximum absolute atomic E-state index is 11.4. The lowest BCUT2D eigenvalue weighted by atomic mass is 10.1. The molecule has 1 amide bonds. The summed E-state index contributed by atoms with van der Waals surface area (Å²) in [6.45, 7) is 5.89. The molecule has 0 radical (unpaired) electrons. The Morgan fingerprint density at radius 1 is 1.55 bits per heavy atom. The molecule has 1 aliphatic rings. The number of hydrogen-bond acceptors (Lipinski definition) is 6. The van der Waals surface area contributed by atoms with E-state index in [0.29, 0.717) is 25.3 Å². The molecule has 1 unspecified atom stereocenters. The molecule has 2 rings (SSSR count). The predicted molar refractivity (Wildman–Crippen MR) is 75.6 cm³/mol. The van der Waals surface area contributed by atoms with E-state index in [1.54, 1.807) is 19.2 Å². The number of carbonyl (C=O) groups excluding carboxylic acids is 1. The Morgan fingerprint density at radius 2 is 2.30 bits per heavy atom. The monoisotopic (exact) mass is 279 g/mol. The van der Waals surface area contributed by atoms with E-state index in [1.165, 1.54) is 0 Å². The van der Waals surface area contributed by atoms with Crippen molar-refractivity contribution in [2.24, 2.45) is 5.73 Å². The van der Waals surface area contributed by atoms with Crippen LogP contribution in [0.1, 0.15) is 24.3 Å². The Morgan fingerprint density at radius 3 is 2.85 bits per heavy atom. The fraction of sp³-hybridized carbons (Fsp3) is 0.615. The molecule has 1 atom stereocenters. The second-order valence-electron chi connectivity index (χ2n) is 5.47. The van der Waals surface area contributed by atoms with Crippen molar-refractivity contribution in [2.45, 2.75) is 25.6 Å². The number of amides is 1. The van der Waals surface area contributed by atoms with Gasteiger partial charge in [-0.05, 0) is 26.0 Å². The molecule has 0 saturated carbocycles. The van der Waals surface area contributed by atoms with E-state index >= 15 is 0 Å². The van der Waals surface area contributed by atoms with Crippen LogP contribution >= 0.6 is 0 Å². The van der Waals surface area contributed by atoms with Gasteiger partial charge >= 0.3 is 0 Å². The maximum atomic E-state index is 11.4. The summed E-state index contributed by atoms with van der Waals surface area (Å²) in [5.41, 5.74) is 5.72. The van der Waals surface area contributed by atoms with Crippen LogP contribution in [0, 0.1) is 0 Å². The molecule has 0 spiro atoms. The van der Waals surface area contributed by atoms with Crippen LogP contribution in [-0.4, -0.2) is 54.5 Å². The molecule has 3 N–H and O–H groups in total. The van der Waals surface area contributed by atoms with Crippen LogP contribution in [0.2, 0.25) is 0 Å². The summed E-state index contributed by atoms with van der Waals surface area (Å²) in [5, 5.41) is 10.6. The number of carbonyl (C=O) groups is 1. The van der Waals surface area contributed by atoms with Crippen molar-refractivity contribution >= 4 is 11.7 Å². The summed E-state index contributed by atoms with van der Waals surface area (Å²) in [4.78, 5) is 13.5. The largest absolute Gasteiger partial charge is 0.367 e. The number of rotatable bonds is 3. The van der Waals surface area contributed by atoms with E-state index in [1.807, 2.05) is 13.8 Å². The highest BCUT2D eigenvalue weighted by atomic mass is 16.5. The molecule has 0 bridgehead atoms. The Bertz CT molecular complexity index is 474. The average molecular weight is 279 g/mol. The summed E-state index contributed by atoms with van der Waals surface area (Å²) in [6.07, 6.45) is -0.0285. The lowest BCUT2D eigenvalue weighted by Crippen LogP contribution is -2.55. The second kappa shape index (κ2) is 5.72. The van der Waals surface area contributed by atoms with Crippen molar-refractivity contribution in [3.63, 3.8) is 0 Å². The minimum absolute atomic E-state index is 0.0285. The lowest BCUT2D eigenvalue weighted by molar-refractivity contribution is -0.0790. The van der Waals surface area contributed by atoms with Gasteiger partial charge in [-0.15, -0.1) is 10.2 Å². The molecule has 2 heterocycles. The van der Waals surface area contributed by atoms with E-state index in [9.17, 15) is 4.79 Å². The van der Waals surface area contributed by atoms with Gasteiger partial charge in [0.1, 0.15) is 0 Å². The number of nitrogens with one attached hydrogen (secondary N) is 1. The number of anilines is 1. The van der Waals surface area contributed by atoms with E-state index in [0.717, 1.165) is 5.82 Å². The first-order chi connectivity index (χ1) is 9.45. The van der Waals surface area contributed by atoms with Gasteiger partial charge in [-0.25, -0.2) is 0 Å². The van der Waals surface area contributed by atoms with Gasteiger partial charge in [0.15, 0.2) is 11.5 Å². The molecule has 0 aromatic carbocycles. The molecular weight excluding hydrogens is 258 g/mol. The molecule has 110 valence electrons. The second-order valence-corrected chi connectivity index (χ2v) is 5.47. The van der Waals surface area contributed by atoms with Crippen molar-refractivity contribution in [2.75, 3.05) is 31.6 Å². The number of aromatic nitrogens is 2. The molecule has 1 aromatic rings. The van der Waals surface area contributed by atoms with Crippen LogP contribution < -0.4 is 16.0 Å². The Kier molecular flexibility index (Phi) is 4.20. The highest BCUT2D eigenvalue weighted by Crippen LogP contribution is 2.24. The van der Waals surface area contributed by atoms with E-state index < -0.39 is 0 Å². The van der Waals surface area contributed by atoms with Gasteiger partial charge < -0.3 is 20.7 Å². The van der Waals surface area contributed by atoms with Gasteiger partial charge in [-0.1, -0.05) is 0 Å². The summed E-state index contributed by atoms with van der Waals surface area (Å²) >= 11 is 0. The molecular formula is C13H21N5O2. The first-order valence-electron chi connectivity index (χ1n) is 6.64. The topological polar surface area (TPSA) is 93.4 Å². The minimum atomic E-state index is -0.288. The number of hydrogen-bond donors (Lipinski definition) is 2. The molecule has 1 saturated heterocycles. The third kappa shape index (κ3) is 3.23. The molecule has 1 aromatic heterocycles. The van der Waals surface area contributed by atoms with Crippen LogP contribution in [0.4, 0.5) is 5.82 Å². The van der Waals surface area contributed by atoms with E-state index in [2.05, 4.69) is 20.4 Å². The first kappa shape index (κ1) is 14.7. The Labute approximate surface area is 118 Å². The maximum Gasteiger partial charge on any atom is 0.271 e. The predicted octanol–water partition coefficient (Wildman–Crippen LogP) is -0.221. The summed E-state index contributed by atoms with van der Waals surface area (Å²) in [5.74, 6) is 0.485. The fourth-order valence-electron chi connectivity index (χ4n) is 2.34. The molecule has 20 heavy (non-hydrogen) atoms. The lowest BCUT2D eigenvalue weighted by Gasteiger charge is -2.42. The van der Waals surface area contributed by atoms with Gasteiger partial charge in [-0.2, -0.15) is 0 Å². The average Bonchev–Trinajstić information content (AvgIpc) is 2.44. The molecule has 7 heteroatoms. The van der Waals surface area contributed by atoms with Gasteiger partial charge in [0.05, 0.1) is 11.7 Å². The summed E-state index contributed by atoms with van der Waals surface area (Å²) in [6, 6.07) is 3.47. The molecule has 7 nitrogen and oxygen atoms in total. The highest BCUT2D eigenvalue weighted by Gasteiger charge is 2.33. The van der Waals surface area contributed by atoms with Gasteiger partial charge in [0.25, 0.3) is 5.91 Å². The fourth-order valence-corrected chi connectivity index (χ4v) is 2.34. The van der Waals surface area contributed by atoms with E-state index in [4.69, 9.17) is 10.5 Å². The summed E-state index contributed by atoms with van der Waals surface area (Å²) < 4.78 is 5.88. The third-order valence-electron chi connectivity index (χ3n) is 3.18. The smallest absolute Gasteiger partial charge is 0.271 e. The van der Waals surface area contributed by atoms with Crippen molar-refractivity contribution in [3.05, 3.63) is 17.8 Å². The van der Waals surface area contributed by atoms with Gasteiger partial charge in [0.2, 0.25) is 0 Å². The van der Waals surface area contributed by atoms with Crippen LogP contribution in [0.15, 0.2) is 12.1 Å². The third-order valence-corrected chi connectivity index (χ3v) is 3.18. The van der Waals surface area contributed by atoms with Gasteiger partial charge in [0, 0.05) is 26.7 Å². The quantitative estimate of drug-likeness (QED) is 0.794. The number of ether oxygens (including phenoxy) is 1.